The van der Waals surface area contributed by atoms with Gasteiger partial charge in [0.1, 0.15) is 5.01 Å². The third-order valence-electron chi connectivity index (χ3n) is 1.86. The van der Waals surface area contributed by atoms with Gasteiger partial charge in [0.2, 0.25) is 11.0 Å². The molecular formula is C10H10N4OS2. The number of anilines is 1. The van der Waals surface area contributed by atoms with Crippen molar-refractivity contribution in [3.05, 3.63) is 27.7 Å². The number of amides is 1. The summed E-state index contributed by atoms with van der Waals surface area (Å²) < 4.78 is 0. The topological polar surface area (TPSA) is 67.8 Å². The van der Waals surface area contributed by atoms with E-state index in [1.165, 1.54) is 28.7 Å². The lowest BCUT2D eigenvalue weighted by molar-refractivity contribution is -0.111. The van der Waals surface area contributed by atoms with Crippen molar-refractivity contribution in [2.45, 2.75) is 13.3 Å². The molecule has 1 amide bonds. The molecule has 5 nitrogen and oxygen atoms in total. The van der Waals surface area contributed by atoms with Crippen LogP contribution in [-0.2, 0) is 11.2 Å². The normalized spacial score (nSPS) is 10.9. The van der Waals surface area contributed by atoms with Crippen molar-refractivity contribution in [3.8, 4) is 0 Å². The molecule has 0 aliphatic carbocycles. The highest BCUT2D eigenvalue weighted by Gasteiger charge is 2.04. The van der Waals surface area contributed by atoms with Crippen molar-refractivity contribution in [2.75, 3.05) is 5.32 Å². The van der Waals surface area contributed by atoms with E-state index in [1.54, 1.807) is 11.6 Å². The molecule has 0 atom stereocenters. The predicted octanol–water partition coefficient (Wildman–Crippen LogP) is 2.21. The second kappa shape index (κ2) is 5.65. The number of hydrogen-bond acceptors (Lipinski definition) is 6. The second-order valence-corrected chi connectivity index (χ2v) is 4.87. The Hall–Kier alpha value is -1.60. The highest BCUT2D eigenvalue weighted by molar-refractivity contribution is 7.15. The Labute approximate surface area is 106 Å². The third-order valence-corrected chi connectivity index (χ3v) is 3.44. The molecule has 0 saturated heterocycles. The van der Waals surface area contributed by atoms with Gasteiger partial charge in [0, 0.05) is 11.5 Å². The number of hydrogen-bond donors (Lipinski definition) is 1. The van der Waals surface area contributed by atoms with E-state index in [1.807, 2.05) is 12.3 Å². The largest absolute Gasteiger partial charge is 0.297 e. The molecule has 0 spiro atoms. The number of nitrogens with one attached hydrogen (secondary N) is 1. The van der Waals surface area contributed by atoms with E-state index in [2.05, 4.69) is 20.5 Å². The predicted molar refractivity (Wildman–Crippen MR) is 69.1 cm³/mol. The molecular weight excluding hydrogens is 256 g/mol. The molecule has 0 unspecified atom stereocenters. The first-order valence-electron chi connectivity index (χ1n) is 4.97. The van der Waals surface area contributed by atoms with Crippen LogP contribution in [0.25, 0.3) is 6.08 Å². The van der Waals surface area contributed by atoms with Crippen LogP contribution in [0.4, 0.5) is 5.13 Å². The smallest absolute Gasteiger partial charge is 0.250 e. The molecule has 0 fully saturated rings. The van der Waals surface area contributed by atoms with E-state index in [9.17, 15) is 4.79 Å². The van der Waals surface area contributed by atoms with E-state index >= 15 is 0 Å². The molecule has 17 heavy (non-hydrogen) atoms. The van der Waals surface area contributed by atoms with Gasteiger partial charge in [-0.05, 0) is 12.5 Å². The number of carbonyl (C=O) groups excluding carboxylic acids is 1. The molecule has 0 saturated carbocycles. The number of rotatable bonds is 4. The molecule has 0 bridgehead atoms. The van der Waals surface area contributed by atoms with Crippen LogP contribution in [0.5, 0.6) is 0 Å². The molecule has 0 aromatic carbocycles. The molecule has 2 heterocycles. The third kappa shape index (κ3) is 3.43. The lowest BCUT2D eigenvalue weighted by atomic mass is 10.4. The maximum Gasteiger partial charge on any atom is 0.250 e. The molecule has 88 valence electrons. The molecule has 0 aliphatic rings. The fourth-order valence-electron chi connectivity index (χ4n) is 1.06. The standard InChI is InChI=1S/C10H10N4OS2/c1-2-9-13-14-10(17-9)12-8(15)4-3-7-5-16-6-11-7/h3-6H,2H2,1H3,(H,12,14,15). The summed E-state index contributed by atoms with van der Waals surface area (Å²) >= 11 is 2.87. The van der Waals surface area contributed by atoms with Gasteiger partial charge in [-0.3, -0.25) is 10.1 Å². The van der Waals surface area contributed by atoms with Gasteiger partial charge < -0.3 is 0 Å². The zero-order valence-corrected chi connectivity index (χ0v) is 10.7. The SMILES string of the molecule is CCc1nnc(NC(=O)C=Cc2cscn2)s1. The Morgan fingerprint density at radius 2 is 2.41 bits per heavy atom. The molecule has 7 heteroatoms. The zero-order valence-electron chi connectivity index (χ0n) is 9.08. The van der Waals surface area contributed by atoms with Crippen LogP contribution in [0.3, 0.4) is 0 Å². The molecule has 0 aliphatic heterocycles. The van der Waals surface area contributed by atoms with E-state index < -0.39 is 0 Å². The number of thiazole rings is 1. The summed E-state index contributed by atoms with van der Waals surface area (Å²) in [6.45, 7) is 1.99. The quantitative estimate of drug-likeness (QED) is 0.861. The Balaban J connectivity index is 1.93. The van der Waals surface area contributed by atoms with Crippen LogP contribution < -0.4 is 5.32 Å². The zero-order chi connectivity index (χ0) is 12.1. The number of carbonyl (C=O) groups is 1. The fourth-order valence-corrected chi connectivity index (χ4v) is 2.26. The highest BCUT2D eigenvalue weighted by Crippen LogP contribution is 2.15. The van der Waals surface area contributed by atoms with Crippen molar-refractivity contribution in [1.82, 2.24) is 15.2 Å². The number of nitrogens with zero attached hydrogens (tertiary/aromatic N) is 3. The van der Waals surface area contributed by atoms with E-state index in [4.69, 9.17) is 0 Å². The summed E-state index contributed by atoms with van der Waals surface area (Å²) in [5.74, 6) is -0.225. The van der Waals surface area contributed by atoms with Gasteiger partial charge in [-0.2, -0.15) is 0 Å². The van der Waals surface area contributed by atoms with Crippen LogP contribution in [0.1, 0.15) is 17.6 Å². The van der Waals surface area contributed by atoms with Crippen LogP contribution in [-0.4, -0.2) is 21.1 Å². The average Bonchev–Trinajstić information content (AvgIpc) is 2.97. The van der Waals surface area contributed by atoms with Crippen molar-refractivity contribution in [3.63, 3.8) is 0 Å². The van der Waals surface area contributed by atoms with Crippen LogP contribution in [0.15, 0.2) is 17.0 Å². The number of aromatic nitrogens is 3. The maximum atomic E-state index is 11.5. The molecule has 1 N–H and O–H groups in total. The fraction of sp³-hybridized carbons (Fsp3) is 0.200. The van der Waals surface area contributed by atoms with Crippen molar-refractivity contribution in [2.24, 2.45) is 0 Å². The van der Waals surface area contributed by atoms with Gasteiger partial charge >= 0.3 is 0 Å². The van der Waals surface area contributed by atoms with Crippen LogP contribution in [0, 0.1) is 0 Å². The van der Waals surface area contributed by atoms with E-state index in [0.717, 1.165) is 17.1 Å². The molecule has 2 rings (SSSR count). The first-order chi connectivity index (χ1) is 8.28. The summed E-state index contributed by atoms with van der Waals surface area (Å²) in [6, 6.07) is 0. The summed E-state index contributed by atoms with van der Waals surface area (Å²) in [6.07, 6.45) is 3.91. The first kappa shape index (κ1) is 11.9. The molecule has 2 aromatic heterocycles. The molecule has 2 aromatic rings. The minimum Gasteiger partial charge on any atom is -0.297 e. The van der Waals surface area contributed by atoms with Gasteiger partial charge in [-0.1, -0.05) is 18.3 Å². The van der Waals surface area contributed by atoms with Gasteiger partial charge in [0.15, 0.2) is 0 Å². The van der Waals surface area contributed by atoms with Gasteiger partial charge in [-0.25, -0.2) is 4.98 Å². The summed E-state index contributed by atoms with van der Waals surface area (Å²) in [5.41, 5.74) is 2.49. The Morgan fingerprint density at radius 1 is 1.53 bits per heavy atom. The summed E-state index contributed by atoms with van der Waals surface area (Å²) in [7, 11) is 0. The van der Waals surface area contributed by atoms with Gasteiger partial charge in [-0.15, -0.1) is 21.5 Å². The average molecular weight is 266 g/mol. The second-order valence-electron chi connectivity index (χ2n) is 3.09. The highest BCUT2D eigenvalue weighted by atomic mass is 32.1. The number of aryl methyl sites for hydroxylation is 1. The Kier molecular flexibility index (Phi) is 3.94. The minimum absolute atomic E-state index is 0.225. The van der Waals surface area contributed by atoms with Crippen molar-refractivity contribution in [1.29, 1.82) is 0 Å². The van der Waals surface area contributed by atoms with E-state index in [-0.39, 0.29) is 5.91 Å². The van der Waals surface area contributed by atoms with Crippen molar-refractivity contribution < 1.29 is 4.79 Å². The van der Waals surface area contributed by atoms with Crippen molar-refractivity contribution >= 4 is 39.8 Å². The molecule has 0 radical (unpaired) electrons. The van der Waals surface area contributed by atoms with Gasteiger partial charge in [0.05, 0.1) is 11.2 Å². The minimum atomic E-state index is -0.225. The Bertz CT molecular complexity index is 518. The summed E-state index contributed by atoms with van der Waals surface area (Å²) in [5, 5.41) is 13.7. The Morgan fingerprint density at radius 3 is 3.06 bits per heavy atom. The lowest BCUT2D eigenvalue weighted by Crippen LogP contribution is -2.07. The van der Waals surface area contributed by atoms with Crippen LogP contribution in [0.2, 0.25) is 0 Å². The monoisotopic (exact) mass is 266 g/mol. The lowest BCUT2D eigenvalue weighted by Gasteiger charge is -1.93. The van der Waals surface area contributed by atoms with Crippen LogP contribution >= 0.6 is 22.7 Å². The summed E-state index contributed by atoms with van der Waals surface area (Å²) in [4.78, 5) is 15.6. The first-order valence-corrected chi connectivity index (χ1v) is 6.73. The van der Waals surface area contributed by atoms with Gasteiger partial charge in [0.25, 0.3) is 0 Å². The van der Waals surface area contributed by atoms with E-state index in [0.29, 0.717) is 5.13 Å². The maximum absolute atomic E-state index is 11.5.